The number of rotatable bonds is 1. The van der Waals surface area contributed by atoms with Gasteiger partial charge in [-0.25, -0.2) is 0 Å². The first-order valence-electron chi connectivity index (χ1n) is 4.45. The van der Waals surface area contributed by atoms with E-state index in [1.54, 1.807) is 0 Å². The molecule has 0 aliphatic rings. The minimum absolute atomic E-state index is 0.00463. The van der Waals surface area contributed by atoms with Crippen molar-refractivity contribution < 1.29 is 13.2 Å². The number of aromatic amines is 1. The second-order valence-electron chi connectivity index (χ2n) is 3.24. The molecule has 84 valence electrons. The van der Waals surface area contributed by atoms with Gasteiger partial charge in [-0.1, -0.05) is 18.2 Å². The monoisotopic (exact) mass is 227 g/mol. The predicted molar refractivity (Wildman–Crippen MR) is 53.4 cm³/mol. The number of hydrogen-bond acceptors (Lipinski definition) is 2. The van der Waals surface area contributed by atoms with Gasteiger partial charge in [0, 0.05) is 5.56 Å². The van der Waals surface area contributed by atoms with E-state index in [0.717, 1.165) is 6.07 Å². The van der Waals surface area contributed by atoms with Crippen molar-refractivity contribution in [1.82, 2.24) is 10.2 Å². The van der Waals surface area contributed by atoms with Crippen LogP contribution in [0.25, 0.3) is 11.3 Å². The van der Waals surface area contributed by atoms with E-state index in [-0.39, 0.29) is 16.9 Å². The number of nitrogens with two attached hydrogens (primary N) is 1. The van der Waals surface area contributed by atoms with Gasteiger partial charge >= 0.3 is 6.18 Å². The van der Waals surface area contributed by atoms with Gasteiger partial charge in [-0.2, -0.15) is 18.3 Å². The summed E-state index contributed by atoms with van der Waals surface area (Å²) in [7, 11) is 0. The topological polar surface area (TPSA) is 54.7 Å². The third-order valence-electron chi connectivity index (χ3n) is 2.17. The fourth-order valence-electron chi connectivity index (χ4n) is 1.46. The van der Waals surface area contributed by atoms with E-state index in [9.17, 15) is 13.2 Å². The van der Waals surface area contributed by atoms with Gasteiger partial charge in [0.15, 0.2) is 0 Å². The molecule has 1 heterocycles. The molecule has 0 spiro atoms. The number of aromatic nitrogens is 2. The summed E-state index contributed by atoms with van der Waals surface area (Å²) < 4.78 is 38.1. The average molecular weight is 227 g/mol. The first kappa shape index (κ1) is 10.5. The Kier molecular flexibility index (Phi) is 2.34. The molecule has 6 heteroatoms. The molecule has 2 aromatic rings. The summed E-state index contributed by atoms with van der Waals surface area (Å²) in [5.41, 5.74) is 5.18. The van der Waals surface area contributed by atoms with E-state index < -0.39 is 11.7 Å². The molecule has 0 atom stereocenters. The summed E-state index contributed by atoms with van der Waals surface area (Å²) in [5.74, 6) is 0. The van der Waals surface area contributed by atoms with Gasteiger partial charge in [0.25, 0.3) is 0 Å². The van der Waals surface area contributed by atoms with Gasteiger partial charge in [-0.05, 0) is 6.07 Å². The van der Waals surface area contributed by atoms with Crippen LogP contribution in [-0.4, -0.2) is 10.2 Å². The molecule has 1 aromatic carbocycles. The SMILES string of the molecule is Nc1cn[nH]c1-c1ccccc1C(F)(F)F. The molecule has 3 nitrogen and oxygen atoms in total. The Balaban J connectivity index is 2.62. The lowest BCUT2D eigenvalue weighted by atomic mass is 10.0. The first-order valence-corrected chi connectivity index (χ1v) is 4.45. The van der Waals surface area contributed by atoms with Crippen LogP contribution in [0.15, 0.2) is 30.5 Å². The fourth-order valence-corrected chi connectivity index (χ4v) is 1.46. The lowest BCUT2D eigenvalue weighted by Gasteiger charge is -2.11. The Hall–Kier alpha value is -1.98. The van der Waals surface area contributed by atoms with Gasteiger partial charge in [0.1, 0.15) is 0 Å². The molecule has 0 aliphatic heterocycles. The third-order valence-corrected chi connectivity index (χ3v) is 2.17. The van der Waals surface area contributed by atoms with E-state index in [1.165, 1.54) is 24.4 Å². The molecular weight excluding hydrogens is 219 g/mol. The normalized spacial score (nSPS) is 11.7. The number of anilines is 1. The number of nitrogens with one attached hydrogen (secondary N) is 1. The van der Waals surface area contributed by atoms with E-state index in [2.05, 4.69) is 10.2 Å². The molecule has 0 fully saturated rings. The highest BCUT2D eigenvalue weighted by Crippen LogP contribution is 2.37. The molecule has 0 unspecified atom stereocenters. The highest BCUT2D eigenvalue weighted by molar-refractivity contribution is 5.74. The van der Waals surface area contributed by atoms with Gasteiger partial charge < -0.3 is 5.73 Å². The zero-order valence-electron chi connectivity index (χ0n) is 8.05. The van der Waals surface area contributed by atoms with E-state index in [1.807, 2.05) is 0 Å². The summed E-state index contributed by atoms with van der Waals surface area (Å²) in [6.07, 6.45) is -3.13. The minimum atomic E-state index is -4.41. The molecule has 0 saturated heterocycles. The number of benzene rings is 1. The summed E-state index contributed by atoms with van der Waals surface area (Å²) in [5, 5.41) is 6.06. The van der Waals surface area contributed by atoms with Crippen molar-refractivity contribution in [1.29, 1.82) is 0 Å². The van der Waals surface area contributed by atoms with Crippen LogP contribution < -0.4 is 5.73 Å². The number of alkyl halides is 3. The molecule has 2 rings (SSSR count). The van der Waals surface area contributed by atoms with Crippen LogP contribution in [0.2, 0.25) is 0 Å². The van der Waals surface area contributed by atoms with Crippen molar-refractivity contribution in [3.8, 4) is 11.3 Å². The molecule has 1 aromatic heterocycles. The van der Waals surface area contributed by atoms with Gasteiger partial charge in [0.2, 0.25) is 0 Å². The maximum Gasteiger partial charge on any atom is 0.417 e. The zero-order chi connectivity index (χ0) is 11.8. The Morgan fingerprint density at radius 3 is 2.44 bits per heavy atom. The highest BCUT2D eigenvalue weighted by atomic mass is 19.4. The molecular formula is C10H8F3N3. The summed E-state index contributed by atoms with van der Waals surface area (Å²) >= 11 is 0. The minimum Gasteiger partial charge on any atom is -0.396 e. The van der Waals surface area contributed by atoms with Crippen LogP contribution >= 0.6 is 0 Å². The fraction of sp³-hybridized carbons (Fsp3) is 0.100. The molecule has 0 amide bonds. The molecule has 0 saturated carbocycles. The summed E-state index contributed by atoms with van der Waals surface area (Å²) in [6, 6.07) is 5.21. The smallest absolute Gasteiger partial charge is 0.396 e. The van der Waals surface area contributed by atoms with Gasteiger partial charge in [-0.3, -0.25) is 5.10 Å². The Morgan fingerprint density at radius 1 is 1.19 bits per heavy atom. The van der Waals surface area contributed by atoms with E-state index in [0.29, 0.717) is 0 Å². The van der Waals surface area contributed by atoms with Crippen molar-refractivity contribution in [2.45, 2.75) is 6.18 Å². The van der Waals surface area contributed by atoms with Crippen LogP contribution in [0.5, 0.6) is 0 Å². The molecule has 0 bridgehead atoms. The number of H-pyrrole nitrogens is 1. The number of nitrogens with zero attached hydrogens (tertiary/aromatic N) is 1. The zero-order valence-corrected chi connectivity index (χ0v) is 8.05. The molecule has 0 radical (unpaired) electrons. The molecule has 16 heavy (non-hydrogen) atoms. The van der Waals surface area contributed by atoms with E-state index in [4.69, 9.17) is 5.73 Å². The van der Waals surface area contributed by atoms with Crippen LogP contribution in [0, 0.1) is 0 Å². The third kappa shape index (κ3) is 1.73. The van der Waals surface area contributed by atoms with Gasteiger partial charge in [-0.15, -0.1) is 0 Å². The van der Waals surface area contributed by atoms with Gasteiger partial charge in [0.05, 0.1) is 23.1 Å². The van der Waals surface area contributed by atoms with Crippen molar-refractivity contribution >= 4 is 5.69 Å². The van der Waals surface area contributed by atoms with Crippen LogP contribution in [0.3, 0.4) is 0 Å². The quantitative estimate of drug-likeness (QED) is 0.786. The molecule has 0 aliphatic carbocycles. The lowest BCUT2D eigenvalue weighted by molar-refractivity contribution is -0.137. The number of nitrogen functional groups attached to an aromatic ring is 1. The van der Waals surface area contributed by atoms with Crippen molar-refractivity contribution in [2.75, 3.05) is 5.73 Å². The standard InChI is InChI=1S/C10H8F3N3/c11-10(12,13)7-4-2-1-3-6(7)9-8(14)5-15-16-9/h1-5H,14H2,(H,15,16). The maximum atomic E-state index is 12.7. The van der Waals surface area contributed by atoms with Crippen molar-refractivity contribution in [3.63, 3.8) is 0 Å². The molecule has 3 N–H and O–H groups in total. The highest BCUT2D eigenvalue weighted by Gasteiger charge is 2.33. The second-order valence-corrected chi connectivity index (χ2v) is 3.24. The predicted octanol–water partition coefficient (Wildman–Crippen LogP) is 2.68. The van der Waals surface area contributed by atoms with Crippen LogP contribution in [0.1, 0.15) is 5.56 Å². The Labute approximate surface area is 89.1 Å². The summed E-state index contributed by atoms with van der Waals surface area (Å²) in [6.45, 7) is 0. The number of hydrogen-bond donors (Lipinski definition) is 2. The van der Waals surface area contributed by atoms with Crippen molar-refractivity contribution in [3.05, 3.63) is 36.0 Å². The Morgan fingerprint density at radius 2 is 1.88 bits per heavy atom. The number of halogens is 3. The van der Waals surface area contributed by atoms with Crippen LogP contribution in [0.4, 0.5) is 18.9 Å². The first-order chi connectivity index (χ1) is 7.50. The Bertz CT molecular complexity index is 502. The van der Waals surface area contributed by atoms with Crippen LogP contribution in [-0.2, 0) is 6.18 Å². The van der Waals surface area contributed by atoms with E-state index >= 15 is 0 Å². The second kappa shape index (κ2) is 3.55. The average Bonchev–Trinajstić information content (AvgIpc) is 2.63. The maximum absolute atomic E-state index is 12.7. The largest absolute Gasteiger partial charge is 0.417 e. The van der Waals surface area contributed by atoms with Crippen molar-refractivity contribution in [2.24, 2.45) is 0 Å². The lowest BCUT2D eigenvalue weighted by Crippen LogP contribution is -2.07. The summed E-state index contributed by atoms with van der Waals surface area (Å²) in [4.78, 5) is 0.